The molecule has 0 aromatic heterocycles. The first-order valence-electron chi connectivity index (χ1n) is 9.85. The van der Waals surface area contributed by atoms with E-state index in [1.54, 1.807) is 0 Å². The van der Waals surface area contributed by atoms with E-state index in [0.717, 1.165) is 50.0 Å². The Kier molecular flexibility index (Phi) is 13.3. The smallest absolute Gasteiger partial charge is 0.188 e. The Labute approximate surface area is 165 Å². The molecule has 0 fully saturated rings. The number of thioether (sulfide) groups is 2. The predicted molar refractivity (Wildman–Crippen MR) is 116 cm³/mol. The molecule has 0 spiro atoms. The summed E-state index contributed by atoms with van der Waals surface area (Å²) in [5, 5.41) is 0.358. The van der Waals surface area contributed by atoms with E-state index in [9.17, 15) is 9.59 Å². The minimum absolute atomic E-state index is 0.191. The van der Waals surface area contributed by atoms with Crippen molar-refractivity contribution >= 4 is 34.4 Å². The van der Waals surface area contributed by atoms with Gasteiger partial charge < -0.3 is 0 Å². The fourth-order valence-corrected chi connectivity index (χ4v) is 4.22. The van der Waals surface area contributed by atoms with E-state index in [-0.39, 0.29) is 5.41 Å². The molecule has 0 rings (SSSR count). The van der Waals surface area contributed by atoms with Gasteiger partial charge in [-0.05, 0) is 25.0 Å². The van der Waals surface area contributed by atoms with Gasteiger partial charge in [-0.2, -0.15) is 11.8 Å². The van der Waals surface area contributed by atoms with E-state index >= 15 is 0 Å². The first kappa shape index (κ1) is 25.0. The van der Waals surface area contributed by atoms with Gasteiger partial charge >= 0.3 is 0 Å². The molecule has 0 aromatic carbocycles. The number of Topliss-reactive ketones (excluding diaryl/α,β-unsaturated/α-hetero) is 1. The molecule has 0 heterocycles. The Morgan fingerprint density at radius 3 is 1.72 bits per heavy atom. The maximum atomic E-state index is 11.8. The number of rotatable bonds is 13. The predicted octanol–water partition coefficient (Wildman–Crippen LogP) is 6.90. The molecular weight excluding hydrogens is 348 g/mol. The summed E-state index contributed by atoms with van der Waals surface area (Å²) in [6, 6.07) is 0. The highest BCUT2D eigenvalue weighted by Gasteiger charge is 2.19. The van der Waals surface area contributed by atoms with Crippen molar-refractivity contribution in [3.63, 3.8) is 0 Å². The van der Waals surface area contributed by atoms with Crippen LogP contribution in [0, 0.1) is 5.41 Å². The van der Waals surface area contributed by atoms with E-state index in [1.807, 2.05) is 32.5 Å². The largest absolute Gasteiger partial charge is 0.299 e. The molecule has 0 aliphatic carbocycles. The van der Waals surface area contributed by atoms with Crippen LogP contribution in [-0.4, -0.2) is 27.2 Å². The molecule has 0 saturated carbocycles. The summed E-state index contributed by atoms with van der Waals surface area (Å²) in [4.78, 5) is 23.6. The summed E-state index contributed by atoms with van der Waals surface area (Å²) in [5.41, 5.74) is -0.191. The lowest BCUT2D eigenvalue weighted by Crippen LogP contribution is -2.19. The molecular formula is C21H40O2S2. The zero-order valence-electron chi connectivity index (χ0n) is 17.4. The molecule has 25 heavy (non-hydrogen) atoms. The molecule has 0 aliphatic heterocycles. The third-order valence-corrected chi connectivity index (χ3v) is 6.34. The van der Waals surface area contributed by atoms with Gasteiger partial charge in [0.1, 0.15) is 5.78 Å². The summed E-state index contributed by atoms with van der Waals surface area (Å²) in [6.45, 7) is 12.7. The van der Waals surface area contributed by atoms with Crippen LogP contribution >= 0.6 is 23.5 Å². The van der Waals surface area contributed by atoms with Crippen molar-refractivity contribution in [2.75, 3.05) is 11.5 Å². The van der Waals surface area contributed by atoms with Gasteiger partial charge in [0.2, 0.25) is 0 Å². The summed E-state index contributed by atoms with van der Waals surface area (Å²) in [7, 11) is 0. The molecule has 0 bridgehead atoms. The van der Waals surface area contributed by atoms with Crippen LogP contribution in [-0.2, 0) is 9.59 Å². The number of carbonyl (C=O) groups excluding carboxylic acids is 2. The van der Waals surface area contributed by atoms with Crippen molar-refractivity contribution in [3.05, 3.63) is 0 Å². The van der Waals surface area contributed by atoms with Crippen LogP contribution in [0.4, 0.5) is 0 Å². The molecule has 0 radical (unpaired) electrons. The summed E-state index contributed by atoms with van der Waals surface area (Å²) < 4.78 is 0.328. The summed E-state index contributed by atoms with van der Waals surface area (Å²) in [6.07, 6.45) is 9.22. The molecule has 0 atom stereocenters. The van der Waals surface area contributed by atoms with E-state index in [4.69, 9.17) is 0 Å². The minimum Gasteiger partial charge on any atom is -0.299 e. The van der Waals surface area contributed by atoms with Crippen molar-refractivity contribution in [1.29, 1.82) is 0 Å². The molecule has 0 unspecified atom stereocenters. The van der Waals surface area contributed by atoms with Crippen molar-refractivity contribution < 1.29 is 9.59 Å². The molecule has 4 heteroatoms. The second kappa shape index (κ2) is 13.2. The van der Waals surface area contributed by atoms with Crippen molar-refractivity contribution in [1.82, 2.24) is 0 Å². The first-order valence-corrected chi connectivity index (χ1v) is 11.8. The lowest BCUT2D eigenvalue weighted by molar-refractivity contribution is -0.126. The van der Waals surface area contributed by atoms with Gasteiger partial charge in [-0.25, -0.2) is 0 Å². The van der Waals surface area contributed by atoms with Crippen molar-refractivity contribution in [2.45, 2.75) is 104 Å². The summed E-state index contributed by atoms with van der Waals surface area (Å²) >= 11 is 3.49. The van der Waals surface area contributed by atoms with Crippen molar-refractivity contribution in [3.8, 4) is 0 Å². The van der Waals surface area contributed by atoms with Gasteiger partial charge in [0, 0.05) is 28.8 Å². The second-order valence-corrected chi connectivity index (χ2v) is 11.9. The first-order chi connectivity index (χ1) is 11.5. The lowest BCUT2D eigenvalue weighted by atomic mass is 9.88. The topological polar surface area (TPSA) is 34.1 Å². The van der Waals surface area contributed by atoms with Crippen LogP contribution in [0.5, 0.6) is 0 Å². The van der Waals surface area contributed by atoms with Gasteiger partial charge in [0.15, 0.2) is 5.12 Å². The van der Waals surface area contributed by atoms with Gasteiger partial charge in [0.25, 0.3) is 0 Å². The third kappa shape index (κ3) is 17.2. The van der Waals surface area contributed by atoms with Crippen molar-refractivity contribution in [2.24, 2.45) is 5.41 Å². The Balaban J connectivity index is 3.39. The average molecular weight is 389 g/mol. The molecule has 0 saturated heterocycles. The highest BCUT2D eigenvalue weighted by molar-refractivity contribution is 8.13. The van der Waals surface area contributed by atoms with Crippen LogP contribution in [0.3, 0.4) is 0 Å². The fourth-order valence-electron chi connectivity index (χ4n) is 2.33. The summed E-state index contributed by atoms with van der Waals surface area (Å²) in [5.74, 6) is 2.47. The molecule has 0 aliphatic rings. The number of hydrogen-bond donors (Lipinski definition) is 0. The van der Waals surface area contributed by atoms with E-state index in [1.165, 1.54) is 24.6 Å². The maximum Gasteiger partial charge on any atom is 0.188 e. The Bertz CT molecular complexity index is 378. The van der Waals surface area contributed by atoms with Gasteiger partial charge in [-0.15, -0.1) is 0 Å². The standard InChI is InChI=1S/C21H40O2S2/c1-20(2,3)18(22)14-11-9-7-8-10-12-15-19(23)24-16-13-17-25-21(4,5)6/h7-17H2,1-6H3. The van der Waals surface area contributed by atoms with Crippen LogP contribution in [0.25, 0.3) is 0 Å². The van der Waals surface area contributed by atoms with Gasteiger partial charge in [-0.1, -0.05) is 79.0 Å². The highest BCUT2D eigenvalue weighted by atomic mass is 32.2. The fraction of sp³-hybridized carbons (Fsp3) is 0.905. The molecule has 0 N–H and O–H groups in total. The van der Waals surface area contributed by atoms with Gasteiger partial charge in [0.05, 0.1) is 0 Å². The maximum absolute atomic E-state index is 11.8. The second-order valence-electron chi connectivity index (χ2n) is 8.83. The van der Waals surface area contributed by atoms with Crippen LogP contribution in [0.15, 0.2) is 0 Å². The molecule has 2 nitrogen and oxygen atoms in total. The van der Waals surface area contributed by atoms with E-state index in [2.05, 4.69) is 20.8 Å². The average Bonchev–Trinajstić information content (AvgIpc) is 2.47. The van der Waals surface area contributed by atoms with E-state index in [0.29, 0.717) is 22.1 Å². The number of ketones is 1. The quantitative estimate of drug-likeness (QED) is 0.321. The van der Waals surface area contributed by atoms with Crippen LogP contribution in [0.1, 0.15) is 99.3 Å². The number of carbonyl (C=O) groups is 2. The molecule has 0 aromatic rings. The Morgan fingerprint density at radius 2 is 1.20 bits per heavy atom. The van der Waals surface area contributed by atoms with E-state index < -0.39 is 0 Å². The number of unbranched alkanes of at least 4 members (excludes halogenated alkanes) is 5. The number of hydrogen-bond acceptors (Lipinski definition) is 4. The highest BCUT2D eigenvalue weighted by Crippen LogP contribution is 2.24. The van der Waals surface area contributed by atoms with Gasteiger partial charge in [-0.3, -0.25) is 9.59 Å². The molecule has 0 amide bonds. The molecule has 148 valence electrons. The Hall–Kier alpha value is 0.0400. The normalized spacial score (nSPS) is 12.4. The van der Waals surface area contributed by atoms with Crippen LogP contribution in [0.2, 0.25) is 0 Å². The third-order valence-electron chi connectivity index (χ3n) is 3.96. The zero-order chi connectivity index (χ0) is 19.3. The van der Waals surface area contributed by atoms with Crippen LogP contribution < -0.4 is 0 Å². The lowest BCUT2D eigenvalue weighted by Gasteiger charge is -2.16. The minimum atomic E-state index is -0.191. The SMILES string of the molecule is CC(C)(C)SCCCSC(=O)CCCCCCCCC(=O)C(C)(C)C. The monoisotopic (exact) mass is 388 g/mol. The Morgan fingerprint density at radius 1 is 0.680 bits per heavy atom. The zero-order valence-corrected chi connectivity index (χ0v) is 19.0.